The van der Waals surface area contributed by atoms with Crippen LogP contribution in [-0.2, 0) is 0 Å². The van der Waals surface area contributed by atoms with E-state index >= 15 is 0 Å². The summed E-state index contributed by atoms with van der Waals surface area (Å²) in [6, 6.07) is 10.6. The number of fused-ring (bicyclic) bond motifs is 1. The van der Waals surface area contributed by atoms with Crippen LogP contribution in [-0.4, -0.2) is 16.0 Å². The molecule has 1 N–H and O–H groups in total. The fourth-order valence-electron chi connectivity index (χ4n) is 2.56. The predicted molar refractivity (Wildman–Crippen MR) is 88.6 cm³/mol. The number of carbonyl (C=O) groups is 1. The number of hydrogen-bond donors (Lipinski definition) is 1. The van der Waals surface area contributed by atoms with Gasteiger partial charge in [-0.2, -0.15) is 0 Å². The van der Waals surface area contributed by atoms with Crippen molar-refractivity contribution in [3.8, 4) is 11.5 Å². The van der Waals surface area contributed by atoms with Crippen molar-refractivity contribution in [1.29, 1.82) is 0 Å². The molecule has 0 bridgehead atoms. The molecule has 0 aliphatic heterocycles. The summed E-state index contributed by atoms with van der Waals surface area (Å²) in [6.07, 6.45) is 1.52. The lowest BCUT2D eigenvalue weighted by Gasteiger charge is -2.07. The van der Waals surface area contributed by atoms with Crippen LogP contribution in [0, 0.1) is 12.7 Å². The van der Waals surface area contributed by atoms with Gasteiger partial charge in [0.25, 0.3) is 11.6 Å². The average molecular weight is 337 g/mol. The number of nitrogens with one attached hydrogen (secondary N) is 1. The number of anilines is 1. The van der Waals surface area contributed by atoms with Crippen LogP contribution in [0.3, 0.4) is 0 Å². The SMILES string of the molecule is Cc1noc2nc(-c3ccco3)cc(C(=O)Nc3ccc(F)cc3)c12. The van der Waals surface area contributed by atoms with E-state index in [0.29, 0.717) is 33.8 Å². The van der Waals surface area contributed by atoms with Crippen molar-refractivity contribution in [3.63, 3.8) is 0 Å². The Morgan fingerprint density at radius 3 is 2.72 bits per heavy atom. The number of carbonyl (C=O) groups excluding carboxylic acids is 1. The molecule has 7 heteroatoms. The molecule has 6 nitrogen and oxygen atoms in total. The van der Waals surface area contributed by atoms with E-state index < -0.39 is 0 Å². The largest absolute Gasteiger partial charge is 0.463 e. The Labute approximate surface area is 141 Å². The smallest absolute Gasteiger partial charge is 0.259 e. The molecule has 0 atom stereocenters. The summed E-state index contributed by atoms with van der Waals surface area (Å²) in [5.74, 6) is -0.246. The second-order valence-corrected chi connectivity index (χ2v) is 5.44. The highest BCUT2D eigenvalue weighted by Crippen LogP contribution is 2.27. The fourth-order valence-corrected chi connectivity index (χ4v) is 2.56. The standard InChI is InChI=1S/C18H12FN3O3/c1-10-16-13(17(23)20-12-6-4-11(19)5-7-12)9-14(15-3-2-8-24-15)21-18(16)25-22-10/h2-9H,1H3,(H,20,23). The Hall–Kier alpha value is -3.48. The van der Waals surface area contributed by atoms with Crippen molar-refractivity contribution in [3.05, 3.63) is 65.8 Å². The maximum atomic E-state index is 13.0. The Morgan fingerprint density at radius 2 is 2.00 bits per heavy atom. The molecule has 0 spiro atoms. The van der Waals surface area contributed by atoms with Gasteiger partial charge in [-0.05, 0) is 49.4 Å². The Balaban J connectivity index is 1.80. The maximum absolute atomic E-state index is 13.0. The van der Waals surface area contributed by atoms with Gasteiger partial charge in [0.15, 0.2) is 5.76 Å². The summed E-state index contributed by atoms with van der Waals surface area (Å²) in [5, 5.41) is 7.14. The van der Waals surface area contributed by atoms with Crippen LogP contribution in [0.5, 0.6) is 0 Å². The number of rotatable bonds is 3. The van der Waals surface area contributed by atoms with Gasteiger partial charge in [0.05, 0.1) is 22.9 Å². The van der Waals surface area contributed by atoms with Crippen LogP contribution < -0.4 is 5.32 Å². The first kappa shape index (κ1) is 15.1. The van der Waals surface area contributed by atoms with Crippen LogP contribution in [0.1, 0.15) is 16.1 Å². The second-order valence-electron chi connectivity index (χ2n) is 5.44. The van der Waals surface area contributed by atoms with E-state index in [2.05, 4.69) is 15.5 Å². The number of pyridine rings is 1. The minimum Gasteiger partial charge on any atom is -0.463 e. The molecule has 0 fully saturated rings. The number of benzene rings is 1. The van der Waals surface area contributed by atoms with E-state index in [9.17, 15) is 9.18 Å². The molecule has 25 heavy (non-hydrogen) atoms. The number of amides is 1. The minimum absolute atomic E-state index is 0.246. The van der Waals surface area contributed by atoms with E-state index in [1.165, 1.54) is 30.5 Å². The topological polar surface area (TPSA) is 81.2 Å². The van der Waals surface area contributed by atoms with Crippen molar-refractivity contribution in [2.75, 3.05) is 5.32 Å². The molecule has 4 aromatic rings. The third-order valence-corrected chi connectivity index (χ3v) is 3.74. The summed E-state index contributed by atoms with van der Waals surface area (Å²) < 4.78 is 23.6. The second kappa shape index (κ2) is 5.86. The van der Waals surface area contributed by atoms with E-state index in [-0.39, 0.29) is 17.4 Å². The van der Waals surface area contributed by atoms with Crippen LogP contribution in [0.15, 0.2) is 57.7 Å². The fraction of sp³-hybridized carbons (Fsp3) is 0.0556. The van der Waals surface area contributed by atoms with E-state index in [1.807, 2.05) is 0 Å². The zero-order valence-electron chi connectivity index (χ0n) is 13.1. The zero-order valence-corrected chi connectivity index (χ0v) is 13.1. The summed E-state index contributed by atoms with van der Waals surface area (Å²) in [7, 11) is 0. The van der Waals surface area contributed by atoms with Gasteiger partial charge < -0.3 is 14.3 Å². The molecule has 0 radical (unpaired) electrons. The third-order valence-electron chi connectivity index (χ3n) is 3.74. The van der Waals surface area contributed by atoms with Gasteiger partial charge in [-0.3, -0.25) is 4.79 Å². The average Bonchev–Trinajstić information content (AvgIpc) is 3.26. The van der Waals surface area contributed by atoms with Gasteiger partial charge in [-0.1, -0.05) is 5.16 Å². The number of hydrogen-bond acceptors (Lipinski definition) is 5. The van der Waals surface area contributed by atoms with Crippen molar-refractivity contribution in [2.45, 2.75) is 6.92 Å². The molecule has 0 aliphatic carbocycles. The van der Waals surface area contributed by atoms with E-state index in [1.54, 1.807) is 25.1 Å². The van der Waals surface area contributed by atoms with Crippen molar-refractivity contribution < 1.29 is 18.1 Å². The molecule has 3 aromatic heterocycles. The van der Waals surface area contributed by atoms with Gasteiger partial charge in [0, 0.05) is 5.69 Å². The number of furan rings is 1. The lowest BCUT2D eigenvalue weighted by atomic mass is 10.1. The molecule has 124 valence electrons. The van der Waals surface area contributed by atoms with Gasteiger partial charge in [0.1, 0.15) is 11.5 Å². The monoisotopic (exact) mass is 337 g/mol. The van der Waals surface area contributed by atoms with Crippen molar-refractivity contribution in [1.82, 2.24) is 10.1 Å². The zero-order chi connectivity index (χ0) is 17.4. The molecule has 1 aromatic carbocycles. The quantitative estimate of drug-likeness (QED) is 0.606. The number of halogens is 1. The lowest BCUT2D eigenvalue weighted by Crippen LogP contribution is -2.13. The van der Waals surface area contributed by atoms with Gasteiger partial charge in [-0.25, -0.2) is 9.37 Å². The molecule has 4 rings (SSSR count). The van der Waals surface area contributed by atoms with Crippen molar-refractivity contribution in [2.24, 2.45) is 0 Å². The summed E-state index contributed by atoms with van der Waals surface area (Å²) in [5.41, 5.74) is 2.08. The normalized spacial score (nSPS) is 11.0. The van der Waals surface area contributed by atoms with Gasteiger partial charge in [-0.15, -0.1) is 0 Å². The predicted octanol–water partition coefficient (Wildman–Crippen LogP) is 4.18. The Bertz CT molecular complexity index is 1050. The lowest BCUT2D eigenvalue weighted by molar-refractivity contribution is 0.102. The van der Waals surface area contributed by atoms with Gasteiger partial charge in [0.2, 0.25) is 0 Å². The Kier molecular flexibility index (Phi) is 3.53. The first-order valence-corrected chi connectivity index (χ1v) is 7.49. The maximum Gasteiger partial charge on any atom is 0.259 e. The van der Waals surface area contributed by atoms with Crippen LogP contribution >= 0.6 is 0 Å². The number of nitrogens with zero attached hydrogens (tertiary/aromatic N) is 2. The highest BCUT2D eigenvalue weighted by molar-refractivity contribution is 6.12. The molecular formula is C18H12FN3O3. The summed E-state index contributed by atoms with van der Waals surface area (Å²) in [4.78, 5) is 17.1. The van der Waals surface area contributed by atoms with E-state index in [4.69, 9.17) is 8.94 Å². The molecule has 0 saturated carbocycles. The molecule has 0 aliphatic rings. The first-order chi connectivity index (χ1) is 12.1. The molecule has 1 amide bonds. The number of aromatic nitrogens is 2. The highest BCUT2D eigenvalue weighted by Gasteiger charge is 2.20. The Morgan fingerprint density at radius 1 is 1.20 bits per heavy atom. The molecule has 0 saturated heterocycles. The summed E-state index contributed by atoms with van der Waals surface area (Å²) in [6.45, 7) is 1.73. The van der Waals surface area contributed by atoms with Crippen LogP contribution in [0.4, 0.5) is 10.1 Å². The molecule has 0 unspecified atom stereocenters. The third kappa shape index (κ3) is 2.76. The number of aryl methyl sites for hydroxylation is 1. The van der Waals surface area contributed by atoms with Crippen LogP contribution in [0.25, 0.3) is 22.6 Å². The van der Waals surface area contributed by atoms with Crippen LogP contribution in [0.2, 0.25) is 0 Å². The van der Waals surface area contributed by atoms with Gasteiger partial charge >= 0.3 is 0 Å². The highest BCUT2D eigenvalue weighted by atomic mass is 19.1. The van der Waals surface area contributed by atoms with E-state index in [0.717, 1.165) is 0 Å². The van der Waals surface area contributed by atoms with Crippen molar-refractivity contribution >= 4 is 22.7 Å². The minimum atomic E-state index is -0.377. The molecular weight excluding hydrogens is 325 g/mol. The molecule has 3 heterocycles. The summed E-state index contributed by atoms with van der Waals surface area (Å²) >= 11 is 0. The first-order valence-electron chi connectivity index (χ1n) is 7.49.